The van der Waals surface area contributed by atoms with E-state index in [9.17, 15) is 26.3 Å². The molecule has 5 saturated carbocycles. The molecule has 0 atom stereocenters. The minimum Gasteiger partial charge on any atom is -0.494 e. The lowest BCUT2D eigenvalue weighted by atomic mass is 9.68. The minimum atomic E-state index is -0.985. The Labute approximate surface area is 435 Å². The maximum atomic E-state index is 14.5. The first kappa shape index (κ1) is 58.5. The average Bonchev–Trinajstić information content (AvgIpc) is 3.41. The summed E-state index contributed by atoms with van der Waals surface area (Å²) in [4.78, 5) is 0. The van der Waals surface area contributed by atoms with Crippen LogP contribution in [0, 0.1) is 82.2 Å². The molecule has 8 rings (SSSR count). The molecule has 0 radical (unpaired) electrons. The van der Waals surface area contributed by atoms with Crippen molar-refractivity contribution >= 4 is 0 Å². The van der Waals surface area contributed by atoms with Gasteiger partial charge in [0.1, 0.15) is 0 Å². The molecule has 11 heteroatoms. The lowest BCUT2D eigenvalue weighted by Crippen LogP contribution is -2.30. The maximum absolute atomic E-state index is 14.5. The van der Waals surface area contributed by atoms with E-state index in [-0.39, 0.29) is 40.8 Å². The van der Waals surface area contributed by atoms with Gasteiger partial charge in [0.2, 0.25) is 29.1 Å². The molecule has 0 N–H and O–H groups in total. The van der Waals surface area contributed by atoms with Crippen LogP contribution in [0.1, 0.15) is 206 Å². The van der Waals surface area contributed by atoms with Gasteiger partial charge in [-0.05, 0) is 186 Å². The largest absolute Gasteiger partial charge is 0.494 e. The zero-order valence-electron chi connectivity index (χ0n) is 45.3. The van der Waals surface area contributed by atoms with E-state index in [2.05, 4.69) is 20.8 Å². The number of hydrogen-bond donors (Lipinski definition) is 0. The van der Waals surface area contributed by atoms with Crippen LogP contribution in [-0.4, -0.2) is 33.5 Å². The highest BCUT2D eigenvalue weighted by atomic mass is 19.2. The fourth-order valence-electron chi connectivity index (χ4n) is 13.4. The summed E-state index contributed by atoms with van der Waals surface area (Å²) in [5.41, 5.74) is 0.552. The summed E-state index contributed by atoms with van der Waals surface area (Å²) < 4.78 is 110. The Kier molecular flexibility index (Phi) is 24.1. The van der Waals surface area contributed by atoms with Crippen LogP contribution in [0.15, 0.2) is 36.4 Å². The van der Waals surface area contributed by atoms with Crippen molar-refractivity contribution < 1.29 is 50.0 Å². The van der Waals surface area contributed by atoms with Crippen molar-refractivity contribution in [2.75, 3.05) is 27.4 Å². The molecule has 5 nitrogen and oxygen atoms in total. The van der Waals surface area contributed by atoms with Crippen molar-refractivity contribution in [1.82, 2.24) is 0 Å². The fraction of sp³-hybridized carbons (Fsp3) is 0.710. The quantitative estimate of drug-likeness (QED) is 0.119. The van der Waals surface area contributed by atoms with Crippen LogP contribution in [0.5, 0.6) is 28.7 Å². The van der Waals surface area contributed by atoms with Crippen molar-refractivity contribution in [3.8, 4) is 28.7 Å². The number of hydrogen-bond acceptors (Lipinski definition) is 5. The van der Waals surface area contributed by atoms with E-state index in [1.807, 2.05) is 0 Å². The molecule has 0 aliphatic heterocycles. The van der Waals surface area contributed by atoms with E-state index in [1.165, 1.54) is 154 Å². The third-order valence-corrected chi connectivity index (χ3v) is 17.7. The molecule has 0 aromatic heterocycles. The SMILES string of the molecule is CCCC1CCC(C2CCC(Oc3ccc(OC)c(F)c3F)CC2)CC1.CCCC1CCC(C2CCC(c3ccc(OCC)c(F)c3F)CC2)CC1.CCCC1CCC(COc2ccc(OC)c(F)c2F)CC1. The predicted molar refractivity (Wildman–Crippen MR) is 281 cm³/mol. The Morgan fingerprint density at radius 3 is 1.16 bits per heavy atom. The van der Waals surface area contributed by atoms with Gasteiger partial charge in [-0.2, -0.15) is 22.0 Å². The molecule has 5 aliphatic rings. The average molecular weight is 1030 g/mol. The van der Waals surface area contributed by atoms with Crippen molar-refractivity contribution in [3.05, 3.63) is 76.9 Å². The number of halogens is 6. The first-order valence-corrected chi connectivity index (χ1v) is 28.8. The molecule has 0 heterocycles. The van der Waals surface area contributed by atoms with Crippen LogP contribution in [0.3, 0.4) is 0 Å². The minimum absolute atomic E-state index is 0.00632. The van der Waals surface area contributed by atoms with Gasteiger partial charge < -0.3 is 23.7 Å². The molecule has 0 amide bonds. The van der Waals surface area contributed by atoms with Gasteiger partial charge in [-0.3, -0.25) is 0 Å². The summed E-state index contributed by atoms with van der Waals surface area (Å²) in [6, 6.07) is 9.06. The normalized spacial score (nSPS) is 27.3. The number of rotatable bonds is 18. The standard InChI is InChI=1S/C23H34F2O.C22H32F2O2.C17H24F2O2/c1-3-5-16-6-8-17(9-7-16)18-10-12-19(13-11-18)20-14-15-21(26-4-2)23(25)22(20)24;1-3-4-15-5-7-16(8-6-15)17-9-11-18(12-10-17)26-20-14-13-19(25-2)21(23)22(20)24;1-3-4-12-5-7-13(8-6-12)11-21-15-10-9-14(20-2)16(18)17(15)19/h14-19H,3-13H2,1-2H3;13-18H,3-12H2,1-2H3;9-10,12-13H,3-8,11H2,1-2H3. The van der Waals surface area contributed by atoms with Crippen molar-refractivity contribution in [2.45, 2.75) is 207 Å². The van der Waals surface area contributed by atoms with Crippen molar-refractivity contribution in [2.24, 2.45) is 47.3 Å². The van der Waals surface area contributed by atoms with Gasteiger partial charge in [0.25, 0.3) is 0 Å². The molecular weight excluding hydrogens is 939 g/mol. The van der Waals surface area contributed by atoms with Gasteiger partial charge in [-0.25, -0.2) is 4.39 Å². The summed E-state index contributed by atoms with van der Waals surface area (Å²) in [6.07, 6.45) is 32.2. The highest BCUT2D eigenvalue weighted by Gasteiger charge is 2.34. The Hall–Kier alpha value is -3.76. The molecule has 5 fully saturated rings. The Balaban J connectivity index is 0.000000180. The molecule has 410 valence electrons. The zero-order valence-corrected chi connectivity index (χ0v) is 45.3. The second kappa shape index (κ2) is 30.1. The third-order valence-electron chi connectivity index (χ3n) is 17.7. The lowest BCUT2D eigenvalue weighted by molar-refractivity contribution is 0.0881. The Morgan fingerprint density at radius 2 is 0.712 bits per heavy atom. The number of ether oxygens (including phenoxy) is 5. The van der Waals surface area contributed by atoms with Gasteiger partial charge >= 0.3 is 0 Å². The van der Waals surface area contributed by atoms with E-state index >= 15 is 0 Å². The van der Waals surface area contributed by atoms with Crippen molar-refractivity contribution in [1.29, 1.82) is 0 Å². The number of benzene rings is 3. The highest BCUT2D eigenvalue weighted by molar-refractivity contribution is 5.36. The molecular formula is C62H90F6O5. The summed E-state index contributed by atoms with van der Waals surface area (Å²) >= 11 is 0. The van der Waals surface area contributed by atoms with Gasteiger partial charge in [-0.15, -0.1) is 0 Å². The fourth-order valence-corrected chi connectivity index (χ4v) is 13.4. The predicted octanol–water partition coefficient (Wildman–Crippen LogP) is 18.7. The molecule has 0 saturated heterocycles. The van der Waals surface area contributed by atoms with Gasteiger partial charge in [0.05, 0.1) is 33.5 Å². The lowest BCUT2D eigenvalue weighted by Gasteiger charge is -2.38. The Morgan fingerprint density at radius 1 is 0.370 bits per heavy atom. The summed E-state index contributed by atoms with van der Waals surface area (Å²) in [7, 11) is 2.64. The van der Waals surface area contributed by atoms with E-state index in [0.29, 0.717) is 24.7 Å². The van der Waals surface area contributed by atoms with Crippen LogP contribution in [0.25, 0.3) is 0 Å². The van der Waals surface area contributed by atoms with Gasteiger partial charge in [0, 0.05) is 0 Å². The van der Waals surface area contributed by atoms with E-state index in [4.69, 9.17) is 23.7 Å². The van der Waals surface area contributed by atoms with E-state index < -0.39 is 34.9 Å². The number of methoxy groups -OCH3 is 2. The molecule has 3 aromatic rings. The second-order valence-electron chi connectivity index (χ2n) is 22.4. The molecule has 3 aromatic carbocycles. The summed E-state index contributed by atoms with van der Waals surface area (Å²) in [6.45, 7) is 9.38. The van der Waals surface area contributed by atoms with Crippen LogP contribution < -0.4 is 23.7 Å². The highest BCUT2D eigenvalue weighted by Crippen LogP contribution is 2.46. The second-order valence-corrected chi connectivity index (χ2v) is 22.4. The van der Waals surface area contributed by atoms with Gasteiger partial charge in [0.15, 0.2) is 34.6 Å². The monoisotopic (exact) mass is 1030 g/mol. The van der Waals surface area contributed by atoms with Crippen LogP contribution in [-0.2, 0) is 0 Å². The van der Waals surface area contributed by atoms with E-state index in [1.54, 1.807) is 19.1 Å². The molecule has 0 unspecified atom stereocenters. The topological polar surface area (TPSA) is 46.2 Å². The Bertz CT molecular complexity index is 2060. The first-order chi connectivity index (χ1) is 35.4. The summed E-state index contributed by atoms with van der Waals surface area (Å²) in [5.74, 6) is 1.11. The van der Waals surface area contributed by atoms with Gasteiger partial charge in [-0.1, -0.05) is 104 Å². The van der Waals surface area contributed by atoms with E-state index in [0.717, 1.165) is 92.8 Å². The molecule has 5 aliphatic carbocycles. The third kappa shape index (κ3) is 16.6. The zero-order chi connectivity index (χ0) is 52.3. The molecule has 73 heavy (non-hydrogen) atoms. The smallest absolute Gasteiger partial charge is 0.204 e. The maximum Gasteiger partial charge on any atom is 0.204 e. The van der Waals surface area contributed by atoms with Crippen LogP contribution in [0.2, 0.25) is 0 Å². The molecule has 0 spiro atoms. The molecule has 0 bridgehead atoms. The van der Waals surface area contributed by atoms with Crippen LogP contribution in [0.4, 0.5) is 26.3 Å². The first-order valence-electron chi connectivity index (χ1n) is 28.8. The van der Waals surface area contributed by atoms with Crippen molar-refractivity contribution in [3.63, 3.8) is 0 Å². The summed E-state index contributed by atoms with van der Waals surface area (Å²) in [5, 5.41) is 0. The van der Waals surface area contributed by atoms with Crippen LogP contribution >= 0.6 is 0 Å².